The lowest BCUT2D eigenvalue weighted by Crippen LogP contribution is -2.32. The molecule has 2 N–H and O–H groups in total. The summed E-state index contributed by atoms with van der Waals surface area (Å²) in [5.74, 6) is 0.408. The van der Waals surface area contributed by atoms with Crippen molar-refractivity contribution >= 4 is 5.95 Å². The van der Waals surface area contributed by atoms with E-state index in [0.717, 1.165) is 19.4 Å². The van der Waals surface area contributed by atoms with Gasteiger partial charge in [-0.3, -0.25) is 9.36 Å². The number of nitrogens with zero attached hydrogens (tertiary/aromatic N) is 3. The molecule has 0 bridgehead atoms. The molecule has 8 heteroatoms. The summed E-state index contributed by atoms with van der Waals surface area (Å²) >= 11 is 0. The largest absolute Gasteiger partial charge is 0.497 e. The average molecular weight is 433 g/mol. The molecule has 164 valence electrons. The van der Waals surface area contributed by atoms with Gasteiger partial charge in [-0.1, -0.05) is 18.2 Å². The molecule has 1 atom stereocenters. The zero-order chi connectivity index (χ0) is 22.7. The maximum absolute atomic E-state index is 14.4. The fourth-order valence-corrected chi connectivity index (χ4v) is 3.89. The number of ether oxygens (including phenoxy) is 1. The van der Waals surface area contributed by atoms with Gasteiger partial charge in [-0.05, 0) is 49.2 Å². The summed E-state index contributed by atoms with van der Waals surface area (Å²) < 4.78 is 21.1. The van der Waals surface area contributed by atoms with Crippen molar-refractivity contribution in [3.63, 3.8) is 0 Å². The SMILES string of the molecule is COc1ccc(-c2c(-c3ccc(C#N)c(F)c3)nc(NCC3CCCN3)n(C)c2=O)cc1. The normalized spacial score (nSPS) is 15.4. The van der Waals surface area contributed by atoms with Crippen molar-refractivity contribution in [2.24, 2.45) is 7.05 Å². The Morgan fingerprint density at radius 2 is 2.03 bits per heavy atom. The van der Waals surface area contributed by atoms with Crippen LogP contribution in [-0.2, 0) is 7.05 Å². The van der Waals surface area contributed by atoms with E-state index in [2.05, 4.69) is 10.6 Å². The molecule has 0 spiro atoms. The summed E-state index contributed by atoms with van der Waals surface area (Å²) in [6.45, 7) is 1.61. The predicted octanol–water partition coefficient (Wildman–Crippen LogP) is 3.30. The Hall–Kier alpha value is -3.70. The van der Waals surface area contributed by atoms with Crippen LogP contribution < -0.4 is 20.9 Å². The van der Waals surface area contributed by atoms with Crippen LogP contribution in [0.25, 0.3) is 22.4 Å². The van der Waals surface area contributed by atoms with Crippen molar-refractivity contribution < 1.29 is 9.13 Å². The maximum Gasteiger partial charge on any atom is 0.263 e. The minimum absolute atomic E-state index is 0.0609. The monoisotopic (exact) mass is 433 g/mol. The predicted molar refractivity (Wildman–Crippen MR) is 121 cm³/mol. The molecule has 2 heterocycles. The van der Waals surface area contributed by atoms with E-state index in [0.29, 0.717) is 46.7 Å². The summed E-state index contributed by atoms with van der Waals surface area (Å²) in [4.78, 5) is 18.2. The molecule has 4 rings (SSSR count). The Morgan fingerprint density at radius 3 is 2.66 bits per heavy atom. The van der Waals surface area contributed by atoms with Gasteiger partial charge >= 0.3 is 0 Å². The zero-order valence-corrected chi connectivity index (χ0v) is 18.0. The highest BCUT2D eigenvalue weighted by molar-refractivity contribution is 5.81. The van der Waals surface area contributed by atoms with Crippen molar-refractivity contribution in [1.82, 2.24) is 14.9 Å². The third-order valence-electron chi connectivity index (χ3n) is 5.70. The number of nitriles is 1. The van der Waals surface area contributed by atoms with Gasteiger partial charge in [-0.2, -0.15) is 5.26 Å². The van der Waals surface area contributed by atoms with E-state index >= 15 is 0 Å². The molecule has 0 aliphatic carbocycles. The molecule has 0 amide bonds. The summed E-state index contributed by atoms with van der Waals surface area (Å²) in [6.07, 6.45) is 2.17. The first kappa shape index (κ1) is 21.5. The van der Waals surface area contributed by atoms with Gasteiger partial charge in [0, 0.05) is 25.2 Å². The lowest BCUT2D eigenvalue weighted by Gasteiger charge is -2.18. The summed E-state index contributed by atoms with van der Waals surface area (Å²) in [7, 11) is 3.23. The molecule has 1 aromatic heterocycles. The molecule has 0 saturated carbocycles. The van der Waals surface area contributed by atoms with E-state index < -0.39 is 5.82 Å². The average Bonchev–Trinajstić information content (AvgIpc) is 3.33. The van der Waals surface area contributed by atoms with Gasteiger partial charge in [0.25, 0.3) is 5.56 Å². The number of halogens is 1. The van der Waals surface area contributed by atoms with Gasteiger partial charge in [-0.15, -0.1) is 0 Å². The van der Waals surface area contributed by atoms with E-state index in [1.807, 2.05) is 6.07 Å². The summed E-state index contributed by atoms with van der Waals surface area (Å²) in [5, 5.41) is 15.7. The molecular weight excluding hydrogens is 409 g/mol. The Labute approximate surface area is 185 Å². The number of nitrogens with one attached hydrogen (secondary N) is 2. The number of aromatic nitrogens is 2. The van der Waals surface area contributed by atoms with Crippen LogP contribution in [-0.4, -0.2) is 35.8 Å². The van der Waals surface area contributed by atoms with Gasteiger partial charge in [0.2, 0.25) is 5.95 Å². The highest BCUT2D eigenvalue weighted by atomic mass is 19.1. The third kappa shape index (κ3) is 4.20. The fraction of sp³-hybridized carbons (Fsp3) is 0.292. The lowest BCUT2D eigenvalue weighted by molar-refractivity contribution is 0.415. The molecule has 1 fully saturated rings. The molecule has 32 heavy (non-hydrogen) atoms. The molecule has 2 aromatic carbocycles. The molecule has 1 unspecified atom stereocenters. The Balaban J connectivity index is 1.85. The van der Waals surface area contributed by atoms with Crippen molar-refractivity contribution in [2.75, 3.05) is 25.5 Å². The number of rotatable bonds is 6. The second-order valence-electron chi connectivity index (χ2n) is 7.73. The van der Waals surface area contributed by atoms with E-state index in [1.165, 1.54) is 16.7 Å². The Bertz CT molecular complexity index is 1220. The second-order valence-corrected chi connectivity index (χ2v) is 7.73. The van der Waals surface area contributed by atoms with Gasteiger partial charge in [0.15, 0.2) is 0 Å². The van der Waals surface area contributed by atoms with E-state index in [-0.39, 0.29) is 11.1 Å². The zero-order valence-electron chi connectivity index (χ0n) is 18.0. The van der Waals surface area contributed by atoms with Crippen LogP contribution in [0, 0.1) is 17.1 Å². The van der Waals surface area contributed by atoms with E-state index in [9.17, 15) is 9.18 Å². The number of hydrogen-bond acceptors (Lipinski definition) is 6. The van der Waals surface area contributed by atoms with Gasteiger partial charge in [-0.25, -0.2) is 9.37 Å². The molecule has 1 aliphatic heterocycles. The van der Waals surface area contributed by atoms with Crippen LogP contribution >= 0.6 is 0 Å². The summed E-state index contributed by atoms with van der Waals surface area (Å²) in [5.41, 5.74) is 1.45. The molecule has 1 aliphatic rings. The summed E-state index contributed by atoms with van der Waals surface area (Å²) in [6, 6.07) is 13.5. The minimum atomic E-state index is -0.655. The van der Waals surface area contributed by atoms with Gasteiger partial charge in [0.1, 0.15) is 17.6 Å². The Morgan fingerprint density at radius 1 is 1.28 bits per heavy atom. The minimum Gasteiger partial charge on any atom is -0.497 e. The second kappa shape index (κ2) is 9.20. The third-order valence-corrected chi connectivity index (χ3v) is 5.70. The van der Waals surface area contributed by atoms with Crippen LogP contribution in [0.3, 0.4) is 0 Å². The first-order chi connectivity index (χ1) is 15.5. The van der Waals surface area contributed by atoms with Crippen LogP contribution in [0.4, 0.5) is 10.3 Å². The quantitative estimate of drug-likeness (QED) is 0.620. The van der Waals surface area contributed by atoms with Crippen LogP contribution in [0.15, 0.2) is 47.3 Å². The fourth-order valence-electron chi connectivity index (χ4n) is 3.89. The molecular formula is C24H24FN5O2. The number of anilines is 1. The molecule has 0 radical (unpaired) electrons. The standard InChI is InChI=1S/C24H24FN5O2/c1-30-23(31)21(15-7-9-19(32-2)10-8-15)22(16-5-6-17(13-26)20(25)12-16)29-24(30)28-14-18-4-3-11-27-18/h5-10,12,18,27H,3-4,11,14H2,1-2H3,(H,28,29). The maximum atomic E-state index is 14.4. The van der Waals surface area contributed by atoms with Crippen LogP contribution in [0.5, 0.6) is 5.75 Å². The van der Waals surface area contributed by atoms with Crippen LogP contribution in [0.1, 0.15) is 18.4 Å². The number of benzene rings is 2. The van der Waals surface area contributed by atoms with Crippen LogP contribution in [0.2, 0.25) is 0 Å². The lowest BCUT2D eigenvalue weighted by atomic mass is 9.99. The molecule has 1 saturated heterocycles. The molecule has 7 nitrogen and oxygen atoms in total. The topological polar surface area (TPSA) is 92.0 Å². The van der Waals surface area contributed by atoms with Crippen molar-refractivity contribution in [1.29, 1.82) is 5.26 Å². The smallest absolute Gasteiger partial charge is 0.263 e. The number of methoxy groups -OCH3 is 1. The molecule has 3 aromatic rings. The highest BCUT2D eigenvalue weighted by Gasteiger charge is 2.20. The number of hydrogen-bond donors (Lipinski definition) is 2. The van der Waals surface area contributed by atoms with Gasteiger partial charge < -0.3 is 15.4 Å². The van der Waals surface area contributed by atoms with E-state index in [4.69, 9.17) is 15.0 Å². The van der Waals surface area contributed by atoms with Crippen molar-refractivity contribution in [3.8, 4) is 34.2 Å². The van der Waals surface area contributed by atoms with E-state index in [1.54, 1.807) is 44.5 Å². The highest BCUT2D eigenvalue weighted by Crippen LogP contribution is 2.31. The van der Waals surface area contributed by atoms with Gasteiger partial charge in [0.05, 0.1) is 23.9 Å². The van der Waals surface area contributed by atoms with Crippen molar-refractivity contribution in [3.05, 3.63) is 64.2 Å². The first-order valence-corrected chi connectivity index (χ1v) is 10.4. The first-order valence-electron chi connectivity index (χ1n) is 10.4. The van der Waals surface area contributed by atoms with Crippen molar-refractivity contribution in [2.45, 2.75) is 18.9 Å². The Kier molecular flexibility index (Phi) is 6.19.